The number of nitrogens with one attached hydrogen (secondary N) is 2. The zero-order valence-electron chi connectivity index (χ0n) is 12.2. The molecule has 4 heteroatoms. The van der Waals surface area contributed by atoms with E-state index in [2.05, 4.69) is 17.6 Å². The fraction of sp³-hybridized carbons (Fsp3) is 0.562. The highest BCUT2D eigenvalue weighted by Gasteiger charge is 2.17. The smallest absolute Gasteiger partial charge is 0.221 e. The number of amides is 1. The lowest BCUT2D eigenvalue weighted by Gasteiger charge is -2.26. The van der Waals surface area contributed by atoms with Gasteiger partial charge in [-0.1, -0.05) is 31.4 Å². The summed E-state index contributed by atoms with van der Waals surface area (Å²) < 4.78 is 0. The highest BCUT2D eigenvalue weighted by molar-refractivity contribution is 6.34. The number of benzene rings is 1. The largest absolute Gasteiger partial charge is 0.385 e. The van der Waals surface area contributed by atoms with Crippen molar-refractivity contribution in [3.8, 4) is 0 Å². The Morgan fingerprint density at radius 2 is 2.00 bits per heavy atom. The molecule has 0 heterocycles. The van der Waals surface area contributed by atoms with Crippen LogP contribution in [0.2, 0.25) is 5.02 Å². The lowest BCUT2D eigenvalue weighted by Crippen LogP contribution is -2.20. The second kappa shape index (κ2) is 6.98. The van der Waals surface area contributed by atoms with E-state index in [0.717, 1.165) is 24.1 Å². The molecule has 110 valence electrons. The summed E-state index contributed by atoms with van der Waals surface area (Å²) in [6.07, 6.45) is 5.31. The molecule has 1 fully saturated rings. The molecule has 3 nitrogen and oxygen atoms in total. The molecule has 2 N–H and O–H groups in total. The number of anilines is 2. The van der Waals surface area contributed by atoms with Gasteiger partial charge in [0.05, 0.1) is 10.7 Å². The van der Waals surface area contributed by atoms with E-state index in [4.69, 9.17) is 11.6 Å². The van der Waals surface area contributed by atoms with Crippen molar-refractivity contribution in [2.45, 2.75) is 39.5 Å². The minimum absolute atomic E-state index is 0.107. The van der Waals surface area contributed by atoms with E-state index in [1.807, 2.05) is 18.2 Å². The van der Waals surface area contributed by atoms with Crippen LogP contribution in [0.25, 0.3) is 0 Å². The van der Waals surface area contributed by atoms with Gasteiger partial charge in [0.25, 0.3) is 0 Å². The summed E-state index contributed by atoms with van der Waals surface area (Å²) in [4.78, 5) is 11.0. The number of hydrogen-bond acceptors (Lipinski definition) is 2. The number of carbonyl (C=O) groups is 1. The van der Waals surface area contributed by atoms with Crippen molar-refractivity contribution in [1.29, 1.82) is 0 Å². The van der Waals surface area contributed by atoms with Crippen LogP contribution in [0.1, 0.15) is 39.5 Å². The van der Waals surface area contributed by atoms with E-state index in [1.165, 1.54) is 32.6 Å². The molecule has 1 aromatic rings. The van der Waals surface area contributed by atoms with Crippen LogP contribution in [0.3, 0.4) is 0 Å². The number of rotatable bonds is 4. The molecule has 1 amide bonds. The number of hydrogen-bond donors (Lipinski definition) is 2. The Balaban J connectivity index is 1.87. The third-order valence-corrected chi connectivity index (χ3v) is 4.32. The Morgan fingerprint density at radius 3 is 2.60 bits per heavy atom. The van der Waals surface area contributed by atoms with Gasteiger partial charge in [-0.15, -0.1) is 0 Å². The Hall–Kier alpha value is -1.22. The maximum atomic E-state index is 11.0. The van der Waals surface area contributed by atoms with Gasteiger partial charge in [-0.05, 0) is 42.9 Å². The van der Waals surface area contributed by atoms with Crippen LogP contribution in [-0.4, -0.2) is 12.5 Å². The van der Waals surface area contributed by atoms with Crippen LogP contribution in [0.5, 0.6) is 0 Å². The molecular formula is C16H23ClN2O. The number of carbonyl (C=O) groups excluding carboxylic acids is 1. The molecule has 1 aliphatic rings. The standard InChI is InChI=1S/C16H23ClN2O/c1-11-3-5-13(6-4-11)10-18-14-7-8-16(15(17)9-14)19-12(2)20/h7-9,11,13,18H,3-6,10H2,1-2H3,(H,19,20). The molecule has 0 aromatic heterocycles. The molecular weight excluding hydrogens is 272 g/mol. The van der Waals surface area contributed by atoms with Gasteiger partial charge in [0.2, 0.25) is 5.91 Å². The average molecular weight is 295 g/mol. The van der Waals surface area contributed by atoms with Crippen molar-refractivity contribution in [2.24, 2.45) is 11.8 Å². The molecule has 0 atom stereocenters. The Bertz CT molecular complexity index is 468. The van der Waals surface area contributed by atoms with Crippen molar-refractivity contribution in [3.05, 3.63) is 23.2 Å². The van der Waals surface area contributed by atoms with Crippen LogP contribution < -0.4 is 10.6 Å². The van der Waals surface area contributed by atoms with Crippen molar-refractivity contribution in [2.75, 3.05) is 17.2 Å². The van der Waals surface area contributed by atoms with E-state index in [9.17, 15) is 4.79 Å². The number of halogens is 1. The van der Waals surface area contributed by atoms with Gasteiger partial charge in [0, 0.05) is 19.2 Å². The highest BCUT2D eigenvalue weighted by Crippen LogP contribution is 2.29. The van der Waals surface area contributed by atoms with E-state index < -0.39 is 0 Å². The summed E-state index contributed by atoms with van der Waals surface area (Å²) in [5.41, 5.74) is 1.68. The van der Waals surface area contributed by atoms with Crippen molar-refractivity contribution in [3.63, 3.8) is 0 Å². The van der Waals surface area contributed by atoms with Crippen molar-refractivity contribution >= 4 is 28.9 Å². The summed E-state index contributed by atoms with van der Waals surface area (Å²) >= 11 is 6.16. The third-order valence-electron chi connectivity index (χ3n) is 4.01. The lowest BCUT2D eigenvalue weighted by molar-refractivity contribution is -0.114. The molecule has 0 radical (unpaired) electrons. The SMILES string of the molecule is CC(=O)Nc1ccc(NCC2CCC(C)CC2)cc1Cl. The van der Waals surface area contributed by atoms with Crippen molar-refractivity contribution < 1.29 is 4.79 Å². The maximum Gasteiger partial charge on any atom is 0.221 e. The topological polar surface area (TPSA) is 41.1 Å². The normalized spacial score (nSPS) is 22.4. The van der Waals surface area contributed by atoms with Crippen LogP contribution in [0.15, 0.2) is 18.2 Å². The molecule has 1 saturated carbocycles. The molecule has 1 aromatic carbocycles. The first-order valence-electron chi connectivity index (χ1n) is 7.35. The quantitative estimate of drug-likeness (QED) is 0.856. The first-order valence-corrected chi connectivity index (χ1v) is 7.73. The molecule has 0 saturated heterocycles. The minimum Gasteiger partial charge on any atom is -0.385 e. The maximum absolute atomic E-state index is 11.0. The summed E-state index contributed by atoms with van der Waals surface area (Å²) in [5.74, 6) is 1.54. The van der Waals surface area contributed by atoms with Gasteiger partial charge < -0.3 is 10.6 Å². The highest BCUT2D eigenvalue weighted by atomic mass is 35.5. The fourth-order valence-corrected chi connectivity index (χ4v) is 2.94. The fourth-order valence-electron chi connectivity index (χ4n) is 2.71. The zero-order valence-corrected chi connectivity index (χ0v) is 13.0. The predicted molar refractivity (Wildman–Crippen MR) is 85.4 cm³/mol. The van der Waals surface area contributed by atoms with E-state index >= 15 is 0 Å². The molecule has 0 spiro atoms. The summed E-state index contributed by atoms with van der Waals surface area (Å²) in [7, 11) is 0. The first kappa shape index (κ1) is 15.2. The van der Waals surface area contributed by atoms with Crippen LogP contribution in [-0.2, 0) is 4.79 Å². The van der Waals surface area contributed by atoms with Gasteiger partial charge in [-0.2, -0.15) is 0 Å². The van der Waals surface area contributed by atoms with Gasteiger partial charge in [-0.25, -0.2) is 0 Å². The average Bonchev–Trinajstić information content (AvgIpc) is 2.40. The lowest BCUT2D eigenvalue weighted by atomic mass is 9.83. The van der Waals surface area contributed by atoms with Gasteiger partial charge in [0.15, 0.2) is 0 Å². The van der Waals surface area contributed by atoms with E-state index in [1.54, 1.807) is 0 Å². The van der Waals surface area contributed by atoms with E-state index in [-0.39, 0.29) is 5.91 Å². The van der Waals surface area contributed by atoms with Crippen molar-refractivity contribution in [1.82, 2.24) is 0 Å². The Kier molecular flexibility index (Phi) is 5.30. The Labute approximate surface area is 126 Å². The van der Waals surface area contributed by atoms with Crippen LogP contribution in [0.4, 0.5) is 11.4 Å². The Morgan fingerprint density at radius 1 is 1.30 bits per heavy atom. The predicted octanol–water partition coefficient (Wildman–Crippen LogP) is 4.54. The molecule has 20 heavy (non-hydrogen) atoms. The van der Waals surface area contributed by atoms with Crippen LogP contribution >= 0.6 is 11.6 Å². The first-order chi connectivity index (χ1) is 9.54. The second-order valence-corrected chi connectivity index (χ2v) is 6.29. The molecule has 0 bridgehead atoms. The van der Waals surface area contributed by atoms with Crippen LogP contribution in [0, 0.1) is 11.8 Å². The molecule has 0 aliphatic heterocycles. The molecule has 2 rings (SSSR count). The monoisotopic (exact) mass is 294 g/mol. The summed E-state index contributed by atoms with van der Waals surface area (Å²) in [6, 6.07) is 5.68. The minimum atomic E-state index is -0.107. The third kappa shape index (κ3) is 4.41. The van der Waals surface area contributed by atoms with Gasteiger partial charge in [-0.3, -0.25) is 4.79 Å². The van der Waals surface area contributed by atoms with E-state index in [0.29, 0.717) is 10.7 Å². The summed E-state index contributed by atoms with van der Waals surface area (Å²) in [6.45, 7) is 4.82. The zero-order chi connectivity index (χ0) is 14.5. The molecule has 1 aliphatic carbocycles. The van der Waals surface area contributed by atoms with Gasteiger partial charge in [0.1, 0.15) is 0 Å². The van der Waals surface area contributed by atoms with Gasteiger partial charge >= 0.3 is 0 Å². The molecule has 0 unspecified atom stereocenters. The summed E-state index contributed by atoms with van der Waals surface area (Å²) in [5, 5.41) is 6.74. The second-order valence-electron chi connectivity index (χ2n) is 5.88.